The van der Waals surface area contributed by atoms with Crippen LogP contribution in [-0.4, -0.2) is 24.6 Å². The lowest BCUT2D eigenvalue weighted by Gasteiger charge is -2.01. The summed E-state index contributed by atoms with van der Waals surface area (Å²) in [6.07, 6.45) is 2.86. The first kappa shape index (κ1) is 14.8. The third-order valence-electron chi connectivity index (χ3n) is 2.43. The number of amides is 2. The smallest absolute Gasteiger partial charge is 0.287 e. The van der Waals surface area contributed by atoms with Gasteiger partial charge in [-0.3, -0.25) is 9.59 Å². The molecule has 0 unspecified atom stereocenters. The first-order valence-electron chi connectivity index (χ1n) is 6.04. The summed E-state index contributed by atoms with van der Waals surface area (Å²) in [6.45, 7) is -0.197. The molecule has 0 aliphatic heterocycles. The lowest BCUT2D eigenvalue weighted by atomic mass is 10.2. The van der Waals surface area contributed by atoms with E-state index in [0.717, 1.165) is 5.56 Å². The number of furan rings is 1. The van der Waals surface area contributed by atoms with Crippen molar-refractivity contribution in [2.45, 2.75) is 0 Å². The van der Waals surface area contributed by atoms with Gasteiger partial charge in [-0.1, -0.05) is 23.7 Å². The highest BCUT2D eigenvalue weighted by Crippen LogP contribution is 2.07. The van der Waals surface area contributed by atoms with Crippen LogP contribution in [0.25, 0.3) is 0 Å². The lowest BCUT2D eigenvalue weighted by Crippen LogP contribution is -2.34. The Hall–Kier alpha value is -2.60. The third kappa shape index (κ3) is 4.77. The van der Waals surface area contributed by atoms with Crippen LogP contribution in [0.5, 0.6) is 0 Å². The van der Waals surface area contributed by atoms with E-state index in [1.165, 1.54) is 18.5 Å². The van der Waals surface area contributed by atoms with Crippen molar-refractivity contribution in [1.82, 2.24) is 10.7 Å². The minimum absolute atomic E-state index is 0.146. The standard InChI is InChI=1S/C14H12ClN3O3/c15-11-5-3-10(4-6-11)8-17-18-13(19)9-16-14(20)12-2-1-7-21-12/h1-8H,9H2,(H,16,20)(H,18,19). The highest BCUT2D eigenvalue weighted by molar-refractivity contribution is 6.30. The molecular formula is C14H12ClN3O3. The van der Waals surface area contributed by atoms with Crippen LogP contribution < -0.4 is 10.7 Å². The predicted octanol–water partition coefficient (Wildman–Crippen LogP) is 1.81. The molecule has 0 radical (unpaired) electrons. The van der Waals surface area contributed by atoms with Crippen LogP contribution in [0.2, 0.25) is 5.02 Å². The number of carbonyl (C=O) groups excluding carboxylic acids is 2. The van der Waals surface area contributed by atoms with Gasteiger partial charge in [-0.05, 0) is 29.8 Å². The maximum atomic E-state index is 11.5. The number of rotatable bonds is 5. The zero-order valence-electron chi connectivity index (χ0n) is 10.9. The first-order chi connectivity index (χ1) is 10.1. The van der Waals surface area contributed by atoms with Gasteiger partial charge in [0.2, 0.25) is 0 Å². The highest BCUT2D eigenvalue weighted by Gasteiger charge is 2.09. The van der Waals surface area contributed by atoms with Crippen molar-refractivity contribution >= 4 is 29.6 Å². The Balaban J connectivity index is 1.74. The van der Waals surface area contributed by atoms with Gasteiger partial charge in [0.15, 0.2) is 5.76 Å². The lowest BCUT2D eigenvalue weighted by molar-refractivity contribution is -0.120. The second-order valence-corrected chi connectivity index (χ2v) is 4.44. The zero-order valence-corrected chi connectivity index (χ0v) is 11.6. The fourth-order valence-electron chi connectivity index (χ4n) is 1.42. The maximum Gasteiger partial charge on any atom is 0.287 e. The summed E-state index contributed by atoms with van der Waals surface area (Å²) in [6, 6.07) is 10.0. The van der Waals surface area contributed by atoms with Crippen molar-refractivity contribution in [2.24, 2.45) is 5.10 Å². The number of nitrogens with one attached hydrogen (secondary N) is 2. The number of halogens is 1. The molecule has 108 valence electrons. The summed E-state index contributed by atoms with van der Waals surface area (Å²) < 4.78 is 4.89. The van der Waals surface area contributed by atoms with Gasteiger partial charge in [-0.25, -0.2) is 5.43 Å². The zero-order chi connectivity index (χ0) is 15.1. The summed E-state index contributed by atoms with van der Waals surface area (Å²) in [5.41, 5.74) is 3.09. The molecular weight excluding hydrogens is 294 g/mol. The Morgan fingerprint density at radius 3 is 2.67 bits per heavy atom. The molecule has 0 bridgehead atoms. The van der Waals surface area contributed by atoms with Crippen molar-refractivity contribution in [3.63, 3.8) is 0 Å². The molecule has 7 heteroatoms. The summed E-state index contributed by atoms with van der Waals surface area (Å²) in [7, 11) is 0. The molecule has 0 fully saturated rings. The van der Waals surface area contributed by atoms with Crippen LogP contribution in [0.15, 0.2) is 52.2 Å². The second-order valence-electron chi connectivity index (χ2n) is 4.00. The van der Waals surface area contributed by atoms with Crippen LogP contribution >= 0.6 is 11.6 Å². The van der Waals surface area contributed by atoms with E-state index in [2.05, 4.69) is 15.8 Å². The molecule has 2 aromatic rings. The Bertz CT molecular complexity index is 636. The van der Waals surface area contributed by atoms with E-state index in [-0.39, 0.29) is 12.3 Å². The van der Waals surface area contributed by atoms with Crippen LogP contribution in [0, 0.1) is 0 Å². The van der Waals surface area contributed by atoms with Gasteiger partial charge < -0.3 is 9.73 Å². The van der Waals surface area contributed by atoms with E-state index >= 15 is 0 Å². The molecule has 0 aliphatic rings. The third-order valence-corrected chi connectivity index (χ3v) is 2.68. The van der Waals surface area contributed by atoms with E-state index in [1.54, 1.807) is 30.3 Å². The van der Waals surface area contributed by atoms with Crippen LogP contribution in [0.4, 0.5) is 0 Å². The van der Waals surface area contributed by atoms with Crippen molar-refractivity contribution in [3.05, 3.63) is 59.0 Å². The summed E-state index contributed by atoms with van der Waals surface area (Å²) in [4.78, 5) is 23.0. The van der Waals surface area contributed by atoms with E-state index in [0.29, 0.717) is 5.02 Å². The largest absolute Gasteiger partial charge is 0.459 e. The molecule has 6 nitrogen and oxygen atoms in total. The minimum atomic E-state index is -0.461. The number of hydrazone groups is 1. The highest BCUT2D eigenvalue weighted by atomic mass is 35.5. The molecule has 2 N–H and O–H groups in total. The average Bonchev–Trinajstić information content (AvgIpc) is 3.01. The van der Waals surface area contributed by atoms with E-state index < -0.39 is 11.8 Å². The van der Waals surface area contributed by atoms with Crippen LogP contribution in [-0.2, 0) is 4.79 Å². The Labute approximate surface area is 125 Å². The summed E-state index contributed by atoms with van der Waals surface area (Å²) >= 11 is 5.75. The van der Waals surface area contributed by atoms with Gasteiger partial charge in [0, 0.05) is 5.02 Å². The Kier molecular flexibility index (Phi) is 5.11. The molecule has 0 aliphatic carbocycles. The average molecular weight is 306 g/mol. The number of hydrogen-bond donors (Lipinski definition) is 2. The van der Waals surface area contributed by atoms with Gasteiger partial charge >= 0.3 is 0 Å². The number of nitrogens with zero attached hydrogens (tertiary/aromatic N) is 1. The van der Waals surface area contributed by atoms with Gasteiger partial charge in [0.1, 0.15) is 0 Å². The van der Waals surface area contributed by atoms with E-state index in [1.807, 2.05) is 0 Å². The van der Waals surface area contributed by atoms with Gasteiger partial charge in [-0.2, -0.15) is 5.10 Å². The maximum absolute atomic E-state index is 11.5. The SMILES string of the molecule is O=C(CNC(=O)c1ccco1)NN=Cc1ccc(Cl)cc1. The van der Waals surface area contributed by atoms with Crippen molar-refractivity contribution < 1.29 is 14.0 Å². The predicted molar refractivity (Wildman–Crippen MR) is 78.2 cm³/mol. The molecule has 1 aromatic carbocycles. The number of benzene rings is 1. The number of hydrogen-bond acceptors (Lipinski definition) is 4. The van der Waals surface area contributed by atoms with Gasteiger partial charge in [-0.15, -0.1) is 0 Å². The Morgan fingerprint density at radius 1 is 1.24 bits per heavy atom. The quantitative estimate of drug-likeness (QED) is 0.653. The van der Waals surface area contributed by atoms with Gasteiger partial charge in [0.25, 0.3) is 11.8 Å². The van der Waals surface area contributed by atoms with E-state index in [9.17, 15) is 9.59 Å². The first-order valence-corrected chi connectivity index (χ1v) is 6.42. The van der Waals surface area contributed by atoms with Crippen molar-refractivity contribution in [1.29, 1.82) is 0 Å². The molecule has 0 atom stereocenters. The molecule has 0 spiro atoms. The van der Waals surface area contributed by atoms with E-state index in [4.69, 9.17) is 16.0 Å². The fourth-order valence-corrected chi connectivity index (χ4v) is 1.55. The van der Waals surface area contributed by atoms with Crippen molar-refractivity contribution in [3.8, 4) is 0 Å². The molecule has 0 saturated heterocycles. The minimum Gasteiger partial charge on any atom is -0.459 e. The molecule has 1 aromatic heterocycles. The second kappa shape index (κ2) is 7.25. The van der Waals surface area contributed by atoms with Crippen LogP contribution in [0.3, 0.4) is 0 Å². The Morgan fingerprint density at radius 2 is 2.00 bits per heavy atom. The summed E-state index contributed by atoms with van der Waals surface area (Å²) in [5.74, 6) is -0.760. The fraction of sp³-hybridized carbons (Fsp3) is 0.0714. The molecule has 0 saturated carbocycles. The molecule has 2 rings (SSSR count). The molecule has 1 heterocycles. The van der Waals surface area contributed by atoms with Crippen molar-refractivity contribution in [2.75, 3.05) is 6.54 Å². The normalized spacial score (nSPS) is 10.5. The molecule has 2 amide bonds. The topological polar surface area (TPSA) is 83.7 Å². The molecule has 21 heavy (non-hydrogen) atoms. The summed E-state index contributed by atoms with van der Waals surface area (Å²) in [5, 5.41) is 6.80. The van der Waals surface area contributed by atoms with Crippen LogP contribution in [0.1, 0.15) is 16.1 Å². The van der Waals surface area contributed by atoms with Gasteiger partial charge in [0.05, 0.1) is 19.0 Å². The number of carbonyl (C=O) groups is 2. The monoisotopic (exact) mass is 305 g/mol.